The van der Waals surface area contributed by atoms with Gasteiger partial charge in [-0.15, -0.1) is 0 Å². The van der Waals surface area contributed by atoms with Crippen LogP contribution in [0.1, 0.15) is 57.0 Å². The number of nitrogens with one attached hydrogen (secondary N) is 2. The van der Waals surface area contributed by atoms with E-state index in [4.69, 9.17) is 4.42 Å². The molecule has 0 aromatic carbocycles. The first-order chi connectivity index (χ1) is 12.4. The van der Waals surface area contributed by atoms with Crippen LogP contribution < -0.4 is 10.6 Å². The van der Waals surface area contributed by atoms with Gasteiger partial charge in [0, 0.05) is 19.1 Å². The van der Waals surface area contributed by atoms with E-state index >= 15 is 0 Å². The van der Waals surface area contributed by atoms with Gasteiger partial charge in [0.2, 0.25) is 11.8 Å². The third-order valence-electron chi connectivity index (χ3n) is 4.68. The number of likely N-dealkylation sites (tertiary alicyclic amines) is 1. The van der Waals surface area contributed by atoms with Crippen LogP contribution in [0.15, 0.2) is 22.8 Å². The normalized spacial score (nSPS) is 19.5. The first-order valence-corrected chi connectivity index (χ1v) is 9.35. The summed E-state index contributed by atoms with van der Waals surface area (Å²) >= 11 is 0. The summed E-state index contributed by atoms with van der Waals surface area (Å²) in [6.07, 6.45) is 4.93. The largest absolute Gasteiger partial charge is 0.459 e. The summed E-state index contributed by atoms with van der Waals surface area (Å²) in [7, 11) is 0. The summed E-state index contributed by atoms with van der Waals surface area (Å²) in [5, 5.41) is 5.68. The highest BCUT2D eigenvalue weighted by Gasteiger charge is 2.31. The number of furan rings is 1. The van der Waals surface area contributed by atoms with Crippen molar-refractivity contribution in [3.63, 3.8) is 0 Å². The van der Waals surface area contributed by atoms with Crippen molar-refractivity contribution in [3.05, 3.63) is 24.2 Å². The summed E-state index contributed by atoms with van der Waals surface area (Å²) < 4.78 is 5.04. The van der Waals surface area contributed by atoms with Crippen LogP contribution >= 0.6 is 0 Å². The standard InChI is InChI=1S/C19H29N3O4/c1-4-7-13(2)20-17(23)15-8-5-10-22(12-15)19(25)14(3)21-18(24)16-9-6-11-26-16/h6,9,11,13-15H,4-5,7-8,10,12H2,1-3H3,(H,20,23)(H,21,24). The summed E-state index contributed by atoms with van der Waals surface area (Å²) in [6, 6.07) is 2.64. The molecule has 2 N–H and O–H groups in total. The Balaban J connectivity index is 1.88. The molecule has 0 spiro atoms. The maximum absolute atomic E-state index is 12.6. The number of hydrogen-bond acceptors (Lipinski definition) is 4. The Morgan fingerprint density at radius 2 is 2.08 bits per heavy atom. The molecule has 0 bridgehead atoms. The third kappa shape index (κ3) is 5.34. The van der Waals surface area contributed by atoms with Gasteiger partial charge in [-0.3, -0.25) is 14.4 Å². The zero-order valence-corrected chi connectivity index (χ0v) is 15.8. The quantitative estimate of drug-likeness (QED) is 0.774. The van der Waals surface area contributed by atoms with Gasteiger partial charge in [-0.2, -0.15) is 0 Å². The van der Waals surface area contributed by atoms with Crippen LogP contribution in [0.2, 0.25) is 0 Å². The van der Waals surface area contributed by atoms with Crippen molar-refractivity contribution in [1.82, 2.24) is 15.5 Å². The van der Waals surface area contributed by atoms with E-state index in [0.717, 1.165) is 25.7 Å². The summed E-state index contributed by atoms with van der Waals surface area (Å²) in [5.41, 5.74) is 0. The highest BCUT2D eigenvalue weighted by molar-refractivity contribution is 5.95. The number of amides is 3. The number of carbonyl (C=O) groups excluding carboxylic acids is 3. The molecular formula is C19H29N3O4. The van der Waals surface area contributed by atoms with Gasteiger partial charge >= 0.3 is 0 Å². The van der Waals surface area contributed by atoms with E-state index in [1.165, 1.54) is 6.26 Å². The topological polar surface area (TPSA) is 91.7 Å². The number of hydrogen-bond donors (Lipinski definition) is 2. The first-order valence-electron chi connectivity index (χ1n) is 9.35. The Morgan fingerprint density at radius 3 is 2.73 bits per heavy atom. The molecule has 26 heavy (non-hydrogen) atoms. The molecule has 3 unspecified atom stereocenters. The van der Waals surface area contributed by atoms with E-state index in [1.807, 2.05) is 6.92 Å². The van der Waals surface area contributed by atoms with Gasteiger partial charge in [0.05, 0.1) is 12.2 Å². The van der Waals surface area contributed by atoms with Crippen LogP contribution in [0.5, 0.6) is 0 Å². The summed E-state index contributed by atoms with van der Waals surface area (Å²) in [4.78, 5) is 38.8. The number of piperidine rings is 1. The van der Waals surface area contributed by atoms with Crippen molar-refractivity contribution < 1.29 is 18.8 Å². The number of rotatable bonds is 7. The van der Waals surface area contributed by atoms with Crippen LogP contribution in [0.4, 0.5) is 0 Å². The fraction of sp³-hybridized carbons (Fsp3) is 0.632. The molecule has 3 atom stereocenters. The van der Waals surface area contributed by atoms with E-state index in [0.29, 0.717) is 13.1 Å². The van der Waals surface area contributed by atoms with Crippen LogP contribution in [0.25, 0.3) is 0 Å². The Hall–Kier alpha value is -2.31. The molecule has 1 aromatic rings. The molecule has 3 amide bonds. The zero-order chi connectivity index (χ0) is 19.1. The minimum atomic E-state index is -0.673. The molecule has 0 saturated carbocycles. The molecule has 1 aliphatic heterocycles. The molecule has 2 heterocycles. The number of nitrogens with zero attached hydrogens (tertiary/aromatic N) is 1. The molecule has 144 valence electrons. The Morgan fingerprint density at radius 1 is 1.31 bits per heavy atom. The Labute approximate surface area is 154 Å². The monoisotopic (exact) mass is 363 g/mol. The van der Waals surface area contributed by atoms with E-state index in [1.54, 1.807) is 24.0 Å². The van der Waals surface area contributed by atoms with Gasteiger partial charge < -0.3 is 20.0 Å². The lowest BCUT2D eigenvalue weighted by molar-refractivity contribution is -0.137. The van der Waals surface area contributed by atoms with Gasteiger partial charge in [0.25, 0.3) is 5.91 Å². The van der Waals surface area contributed by atoms with E-state index in [9.17, 15) is 14.4 Å². The second kappa shape index (κ2) is 9.40. The predicted molar refractivity (Wildman–Crippen MR) is 97.5 cm³/mol. The summed E-state index contributed by atoms with van der Waals surface area (Å²) in [5.74, 6) is -0.610. The van der Waals surface area contributed by atoms with Crippen LogP contribution in [0, 0.1) is 5.92 Å². The third-order valence-corrected chi connectivity index (χ3v) is 4.68. The van der Waals surface area contributed by atoms with Gasteiger partial charge in [0.15, 0.2) is 5.76 Å². The molecule has 1 saturated heterocycles. The molecule has 1 aliphatic rings. The van der Waals surface area contributed by atoms with Crippen molar-refractivity contribution in [3.8, 4) is 0 Å². The average Bonchev–Trinajstić information content (AvgIpc) is 3.16. The van der Waals surface area contributed by atoms with Gasteiger partial charge in [-0.25, -0.2) is 0 Å². The molecule has 0 radical (unpaired) electrons. The van der Waals surface area contributed by atoms with Crippen LogP contribution in [0.3, 0.4) is 0 Å². The lowest BCUT2D eigenvalue weighted by Gasteiger charge is -2.34. The van der Waals surface area contributed by atoms with Crippen LogP contribution in [-0.4, -0.2) is 47.8 Å². The van der Waals surface area contributed by atoms with E-state index < -0.39 is 11.9 Å². The van der Waals surface area contributed by atoms with Crippen molar-refractivity contribution >= 4 is 17.7 Å². The highest BCUT2D eigenvalue weighted by Crippen LogP contribution is 2.18. The molecule has 1 fully saturated rings. The first kappa shape index (κ1) is 20.0. The SMILES string of the molecule is CCCC(C)NC(=O)C1CCCN(C(=O)C(C)NC(=O)c2ccco2)C1. The molecule has 7 nitrogen and oxygen atoms in total. The van der Waals surface area contributed by atoms with Crippen molar-refractivity contribution in [2.75, 3.05) is 13.1 Å². The van der Waals surface area contributed by atoms with E-state index in [-0.39, 0.29) is 29.5 Å². The molecule has 2 rings (SSSR count). The van der Waals surface area contributed by atoms with Crippen LogP contribution in [-0.2, 0) is 9.59 Å². The predicted octanol–water partition coefficient (Wildman–Crippen LogP) is 1.94. The van der Waals surface area contributed by atoms with Crippen molar-refractivity contribution in [2.24, 2.45) is 5.92 Å². The fourth-order valence-electron chi connectivity index (χ4n) is 3.27. The van der Waals surface area contributed by atoms with E-state index in [2.05, 4.69) is 17.6 Å². The maximum atomic E-state index is 12.6. The molecule has 0 aliphatic carbocycles. The lowest BCUT2D eigenvalue weighted by atomic mass is 9.96. The van der Waals surface area contributed by atoms with Gasteiger partial charge in [0.1, 0.15) is 6.04 Å². The van der Waals surface area contributed by atoms with Crippen molar-refractivity contribution in [2.45, 2.75) is 58.5 Å². The smallest absolute Gasteiger partial charge is 0.287 e. The summed E-state index contributed by atoms with van der Waals surface area (Å²) in [6.45, 7) is 6.73. The van der Waals surface area contributed by atoms with Crippen molar-refractivity contribution in [1.29, 1.82) is 0 Å². The second-order valence-corrected chi connectivity index (χ2v) is 6.99. The zero-order valence-electron chi connectivity index (χ0n) is 15.8. The molecule has 1 aromatic heterocycles. The van der Waals surface area contributed by atoms with Gasteiger partial charge in [-0.05, 0) is 45.2 Å². The van der Waals surface area contributed by atoms with Gasteiger partial charge in [-0.1, -0.05) is 13.3 Å². The Bertz CT molecular complexity index is 614. The average molecular weight is 363 g/mol. The lowest BCUT2D eigenvalue weighted by Crippen LogP contribution is -2.52. The highest BCUT2D eigenvalue weighted by atomic mass is 16.3. The number of carbonyl (C=O) groups is 3. The second-order valence-electron chi connectivity index (χ2n) is 6.99. The minimum absolute atomic E-state index is 0.00993. The maximum Gasteiger partial charge on any atom is 0.287 e. The fourth-order valence-corrected chi connectivity index (χ4v) is 3.27. The minimum Gasteiger partial charge on any atom is -0.459 e. The molecule has 7 heteroatoms. The molecular weight excluding hydrogens is 334 g/mol. The Kier molecular flexibility index (Phi) is 7.24.